The quantitative estimate of drug-likeness (QED) is 0.131. The number of amides is 3. The lowest BCUT2D eigenvalue weighted by molar-refractivity contribution is -0.127. The standard InChI is InChI=1S/C30H26ClIN2O7S/c1-3-12-40-29(37)22-15-21(9-10-23(22)31)33-27(35)16-34-28(36)26(42-30(34)38)14-19-6-11-24(25(13-19)39-2)41-17-18-4-7-20(32)8-5-18/h4-11,13-15H,3,12,16-17H2,1-2H3,(H,33,35)/b26-14-. The summed E-state index contributed by atoms with van der Waals surface area (Å²) in [5.41, 5.74) is 1.99. The van der Waals surface area contributed by atoms with Crippen molar-refractivity contribution >= 4 is 80.7 Å². The Morgan fingerprint density at radius 2 is 1.81 bits per heavy atom. The van der Waals surface area contributed by atoms with E-state index in [1.807, 2.05) is 31.2 Å². The fourth-order valence-corrected chi connectivity index (χ4v) is 5.19. The fraction of sp³-hybridized carbons (Fsp3) is 0.200. The highest BCUT2D eigenvalue weighted by molar-refractivity contribution is 14.1. The van der Waals surface area contributed by atoms with Crippen LogP contribution in [0.1, 0.15) is 34.8 Å². The molecule has 1 heterocycles. The predicted octanol–water partition coefficient (Wildman–Crippen LogP) is 6.77. The molecular formula is C30H26ClIN2O7S. The van der Waals surface area contributed by atoms with Crippen LogP contribution in [0.25, 0.3) is 6.08 Å². The molecule has 0 aromatic heterocycles. The van der Waals surface area contributed by atoms with Crippen LogP contribution >= 0.6 is 46.0 Å². The molecule has 3 aromatic rings. The zero-order valence-electron chi connectivity index (χ0n) is 22.6. The average Bonchev–Trinajstić information content (AvgIpc) is 3.23. The SMILES string of the molecule is CCCOC(=O)c1cc(NC(=O)CN2C(=O)S/C(=C\c3ccc(OCc4ccc(I)cc4)c(OC)c3)C2=O)ccc1Cl. The molecule has 1 fully saturated rings. The van der Waals surface area contributed by atoms with Gasteiger partial charge in [0.2, 0.25) is 5.91 Å². The summed E-state index contributed by atoms with van der Waals surface area (Å²) in [6.45, 7) is 1.95. The molecule has 0 atom stereocenters. The van der Waals surface area contributed by atoms with Gasteiger partial charge in [-0.2, -0.15) is 0 Å². The monoisotopic (exact) mass is 720 g/mol. The minimum Gasteiger partial charge on any atom is -0.493 e. The van der Waals surface area contributed by atoms with Gasteiger partial charge in [-0.15, -0.1) is 0 Å². The lowest BCUT2D eigenvalue weighted by atomic mass is 10.1. The number of ether oxygens (including phenoxy) is 3. The lowest BCUT2D eigenvalue weighted by Gasteiger charge is -2.13. The molecule has 0 bridgehead atoms. The summed E-state index contributed by atoms with van der Waals surface area (Å²) in [6.07, 6.45) is 2.20. The number of halogens is 2. The van der Waals surface area contributed by atoms with E-state index < -0.39 is 29.6 Å². The third kappa shape index (κ3) is 8.05. The van der Waals surface area contributed by atoms with Crippen LogP contribution in [-0.4, -0.2) is 48.2 Å². The molecule has 1 saturated heterocycles. The number of methoxy groups -OCH3 is 1. The molecule has 1 N–H and O–H groups in total. The van der Waals surface area contributed by atoms with Crippen LogP contribution in [-0.2, 0) is 20.9 Å². The van der Waals surface area contributed by atoms with E-state index in [-0.39, 0.29) is 27.8 Å². The molecule has 4 rings (SSSR count). The van der Waals surface area contributed by atoms with Crippen molar-refractivity contribution in [2.45, 2.75) is 20.0 Å². The van der Waals surface area contributed by atoms with E-state index in [0.29, 0.717) is 30.1 Å². The number of rotatable bonds is 11. The van der Waals surface area contributed by atoms with E-state index in [9.17, 15) is 19.2 Å². The van der Waals surface area contributed by atoms with Gasteiger partial charge in [-0.3, -0.25) is 19.3 Å². The van der Waals surface area contributed by atoms with Gasteiger partial charge in [0.25, 0.3) is 11.1 Å². The molecular weight excluding hydrogens is 695 g/mol. The average molecular weight is 721 g/mol. The molecule has 3 aromatic carbocycles. The van der Waals surface area contributed by atoms with Crippen LogP contribution < -0.4 is 14.8 Å². The Kier molecular flexibility index (Phi) is 10.9. The van der Waals surface area contributed by atoms with E-state index in [0.717, 1.165) is 25.8 Å². The Morgan fingerprint density at radius 3 is 2.52 bits per heavy atom. The van der Waals surface area contributed by atoms with Crippen LogP contribution in [0, 0.1) is 3.57 Å². The summed E-state index contributed by atoms with van der Waals surface area (Å²) < 4.78 is 17.6. The number of carbonyl (C=O) groups excluding carboxylic acids is 4. The number of benzene rings is 3. The van der Waals surface area contributed by atoms with E-state index in [2.05, 4.69) is 27.9 Å². The van der Waals surface area contributed by atoms with Gasteiger partial charge in [-0.05, 0) is 100 Å². The fourth-order valence-electron chi connectivity index (χ4n) is 3.80. The Morgan fingerprint density at radius 1 is 1.05 bits per heavy atom. The third-order valence-corrected chi connectivity index (χ3v) is 7.83. The first-order chi connectivity index (χ1) is 20.2. The first-order valence-corrected chi connectivity index (χ1v) is 15.0. The van der Waals surface area contributed by atoms with Gasteiger partial charge in [0.05, 0.1) is 29.2 Å². The molecule has 0 aliphatic carbocycles. The summed E-state index contributed by atoms with van der Waals surface area (Å²) >= 11 is 9.08. The molecule has 9 nitrogen and oxygen atoms in total. The van der Waals surface area contributed by atoms with E-state index in [1.54, 1.807) is 24.3 Å². The zero-order valence-corrected chi connectivity index (χ0v) is 26.4. The highest BCUT2D eigenvalue weighted by Gasteiger charge is 2.36. The number of carbonyl (C=O) groups is 4. The number of nitrogens with zero attached hydrogens (tertiary/aromatic N) is 1. The van der Waals surface area contributed by atoms with E-state index in [4.69, 9.17) is 25.8 Å². The van der Waals surface area contributed by atoms with Crippen LogP contribution in [0.15, 0.2) is 65.6 Å². The maximum atomic E-state index is 13.0. The topological polar surface area (TPSA) is 111 Å². The maximum absolute atomic E-state index is 13.0. The Bertz CT molecular complexity index is 1550. The molecule has 0 saturated carbocycles. The lowest BCUT2D eigenvalue weighted by Crippen LogP contribution is -2.36. The van der Waals surface area contributed by atoms with Gasteiger partial charge in [0, 0.05) is 9.26 Å². The second kappa shape index (κ2) is 14.6. The summed E-state index contributed by atoms with van der Waals surface area (Å²) in [4.78, 5) is 51.6. The molecule has 1 aliphatic rings. The number of hydrogen-bond donors (Lipinski definition) is 1. The number of esters is 1. The van der Waals surface area contributed by atoms with Crippen LogP contribution in [0.5, 0.6) is 11.5 Å². The normalized spacial score (nSPS) is 13.8. The minimum atomic E-state index is -0.620. The number of nitrogens with one attached hydrogen (secondary N) is 1. The first-order valence-electron chi connectivity index (χ1n) is 12.8. The number of imide groups is 1. The molecule has 3 amide bonds. The van der Waals surface area contributed by atoms with Gasteiger partial charge in [0.1, 0.15) is 13.2 Å². The zero-order chi connectivity index (χ0) is 30.2. The molecule has 42 heavy (non-hydrogen) atoms. The molecule has 0 unspecified atom stereocenters. The van der Waals surface area contributed by atoms with Crippen molar-refractivity contribution < 1.29 is 33.4 Å². The summed E-state index contributed by atoms with van der Waals surface area (Å²) in [7, 11) is 1.51. The van der Waals surface area contributed by atoms with Crippen molar-refractivity contribution in [3.05, 3.63) is 90.9 Å². The van der Waals surface area contributed by atoms with Crippen molar-refractivity contribution in [3.8, 4) is 11.5 Å². The molecule has 0 spiro atoms. The van der Waals surface area contributed by atoms with Gasteiger partial charge >= 0.3 is 5.97 Å². The first kappa shape index (κ1) is 31.4. The van der Waals surface area contributed by atoms with Crippen LogP contribution in [0.3, 0.4) is 0 Å². The summed E-state index contributed by atoms with van der Waals surface area (Å²) in [6, 6.07) is 17.5. The van der Waals surface area contributed by atoms with Crippen molar-refractivity contribution in [1.82, 2.24) is 4.90 Å². The van der Waals surface area contributed by atoms with Gasteiger partial charge in [-0.1, -0.05) is 36.7 Å². The largest absolute Gasteiger partial charge is 0.493 e. The minimum absolute atomic E-state index is 0.0960. The Hall–Kier alpha value is -3.55. The molecule has 0 radical (unpaired) electrons. The van der Waals surface area contributed by atoms with E-state index in [1.165, 1.54) is 25.3 Å². The molecule has 218 valence electrons. The Labute approximate surface area is 265 Å². The third-order valence-electron chi connectivity index (χ3n) is 5.88. The van der Waals surface area contributed by atoms with Crippen LogP contribution in [0.4, 0.5) is 10.5 Å². The second-order valence-corrected chi connectivity index (χ2v) is 11.6. The van der Waals surface area contributed by atoms with Gasteiger partial charge in [0.15, 0.2) is 11.5 Å². The van der Waals surface area contributed by atoms with Crippen molar-refractivity contribution in [2.24, 2.45) is 0 Å². The number of thioether (sulfide) groups is 1. The smallest absolute Gasteiger partial charge is 0.339 e. The highest BCUT2D eigenvalue weighted by Crippen LogP contribution is 2.35. The summed E-state index contributed by atoms with van der Waals surface area (Å²) in [5.74, 6) is -0.838. The van der Waals surface area contributed by atoms with Crippen LogP contribution in [0.2, 0.25) is 5.02 Å². The molecule has 12 heteroatoms. The number of hydrogen-bond acceptors (Lipinski definition) is 8. The van der Waals surface area contributed by atoms with E-state index >= 15 is 0 Å². The van der Waals surface area contributed by atoms with Gasteiger partial charge < -0.3 is 19.5 Å². The molecule has 1 aliphatic heterocycles. The predicted molar refractivity (Wildman–Crippen MR) is 170 cm³/mol. The summed E-state index contributed by atoms with van der Waals surface area (Å²) in [5, 5.41) is 2.19. The second-order valence-electron chi connectivity index (χ2n) is 8.97. The highest BCUT2D eigenvalue weighted by atomic mass is 127. The maximum Gasteiger partial charge on any atom is 0.339 e. The van der Waals surface area contributed by atoms with Crippen molar-refractivity contribution in [1.29, 1.82) is 0 Å². The number of anilines is 1. The van der Waals surface area contributed by atoms with Crippen molar-refractivity contribution in [3.63, 3.8) is 0 Å². The van der Waals surface area contributed by atoms with Gasteiger partial charge in [-0.25, -0.2) is 4.79 Å². The van der Waals surface area contributed by atoms with Crippen molar-refractivity contribution in [2.75, 3.05) is 25.6 Å². The Balaban J connectivity index is 1.40.